The Morgan fingerprint density at radius 3 is 2.82 bits per heavy atom. The molecular weight excluding hydrogens is 412 g/mol. The maximum Gasteiger partial charge on any atom is 0.203 e. The summed E-state index contributed by atoms with van der Waals surface area (Å²) < 4.78 is 14.5. The number of nitrogens with one attached hydrogen (secondary N) is 1. The van der Waals surface area contributed by atoms with Crippen molar-refractivity contribution >= 4 is 45.3 Å². The predicted molar refractivity (Wildman–Crippen MR) is 97.9 cm³/mol. The van der Waals surface area contributed by atoms with Crippen molar-refractivity contribution < 1.29 is 4.39 Å². The van der Waals surface area contributed by atoms with Gasteiger partial charge in [-0.1, -0.05) is 30.3 Å². The third-order valence-electron chi connectivity index (χ3n) is 2.90. The molecule has 110 valence electrons. The van der Waals surface area contributed by atoms with Gasteiger partial charge in [0.05, 0.1) is 11.9 Å². The number of hydrogen-bond donors (Lipinski definition) is 1. The number of anilines is 1. The van der Waals surface area contributed by atoms with E-state index in [-0.39, 0.29) is 5.82 Å². The Morgan fingerprint density at radius 1 is 1.18 bits per heavy atom. The van der Waals surface area contributed by atoms with Crippen LogP contribution >= 0.6 is 33.9 Å². The number of hydrogen-bond acceptors (Lipinski definition) is 4. The van der Waals surface area contributed by atoms with Gasteiger partial charge >= 0.3 is 0 Å². The van der Waals surface area contributed by atoms with Gasteiger partial charge in [0.2, 0.25) is 5.13 Å². The summed E-state index contributed by atoms with van der Waals surface area (Å²) >= 11 is 3.59. The number of rotatable bonds is 4. The van der Waals surface area contributed by atoms with E-state index in [1.54, 1.807) is 12.1 Å². The molecule has 0 saturated carbocycles. The number of aromatic nitrogens is 1. The highest BCUT2D eigenvalue weighted by Gasteiger charge is 2.03. The van der Waals surface area contributed by atoms with Crippen LogP contribution in [-0.4, -0.2) is 11.2 Å². The molecule has 0 aliphatic carbocycles. The van der Waals surface area contributed by atoms with E-state index in [4.69, 9.17) is 0 Å². The zero-order valence-electron chi connectivity index (χ0n) is 11.3. The van der Waals surface area contributed by atoms with Crippen LogP contribution < -0.4 is 5.43 Å². The Balaban J connectivity index is 1.71. The average molecular weight is 423 g/mol. The highest BCUT2D eigenvalue weighted by Crippen LogP contribution is 2.24. The van der Waals surface area contributed by atoms with Crippen LogP contribution in [0, 0.1) is 9.39 Å². The van der Waals surface area contributed by atoms with E-state index in [9.17, 15) is 4.39 Å². The molecule has 6 heteroatoms. The topological polar surface area (TPSA) is 37.3 Å². The van der Waals surface area contributed by atoms with Crippen molar-refractivity contribution in [2.24, 2.45) is 5.10 Å². The monoisotopic (exact) mass is 423 g/mol. The van der Waals surface area contributed by atoms with Gasteiger partial charge in [0, 0.05) is 20.1 Å². The Morgan fingerprint density at radius 2 is 2.00 bits per heavy atom. The second-order valence-electron chi connectivity index (χ2n) is 4.44. The molecule has 3 rings (SSSR count). The first-order valence-electron chi connectivity index (χ1n) is 6.47. The first kappa shape index (κ1) is 15.1. The van der Waals surface area contributed by atoms with E-state index in [0.29, 0.717) is 10.7 Å². The maximum absolute atomic E-state index is 13.6. The molecule has 22 heavy (non-hydrogen) atoms. The molecule has 1 aromatic heterocycles. The molecule has 0 saturated heterocycles. The Bertz CT molecular complexity index is 802. The molecule has 0 bridgehead atoms. The Hall–Kier alpha value is -1.80. The molecule has 0 spiro atoms. The summed E-state index contributed by atoms with van der Waals surface area (Å²) in [5, 5.41) is 6.68. The van der Waals surface area contributed by atoms with Crippen LogP contribution in [0.25, 0.3) is 11.3 Å². The largest absolute Gasteiger partial charge is 0.253 e. The fourth-order valence-electron chi connectivity index (χ4n) is 1.84. The molecule has 1 heterocycles. The number of benzene rings is 2. The zero-order chi connectivity index (χ0) is 15.4. The van der Waals surface area contributed by atoms with Crippen LogP contribution in [0.5, 0.6) is 0 Å². The second kappa shape index (κ2) is 6.97. The van der Waals surface area contributed by atoms with Gasteiger partial charge in [-0.2, -0.15) is 5.10 Å². The molecule has 0 radical (unpaired) electrons. The van der Waals surface area contributed by atoms with Crippen molar-refractivity contribution in [2.45, 2.75) is 0 Å². The summed E-state index contributed by atoms with van der Waals surface area (Å²) in [6.45, 7) is 0. The molecule has 3 nitrogen and oxygen atoms in total. The summed E-state index contributed by atoms with van der Waals surface area (Å²) in [7, 11) is 0. The van der Waals surface area contributed by atoms with Gasteiger partial charge < -0.3 is 0 Å². The fraction of sp³-hybridized carbons (Fsp3) is 0. The lowest BCUT2D eigenvalue weighted by atomic mass is 10.2. The van der Waals surface area contributed by atoms with Crippen molar-refractivity contribution in [1.29, 1.82) is 0 Å². The Labute approximate surface area is 145 Å². The van der Waals surface area contributed by atoms with E-state index >= 15 is 0 Å². The summed E-state index contributed by atoms with van der Waals surface area (Å²) in [5.41, 5.74) is 5.23. The van der Waals surface area contributed by atoms with Gasteiger partial charge in [-0.25, -0.2) is 9.37 Å². The average Bonchev–Trinajstić information content (AvgIpc) is 3.00. The smallest absolute Gasteiger partial charge is 0.203 e. The lowest BCUT2D eigenvalue weighted by molar-refractivity contribution is 0.625. The van der Waals surface area contributed by atoms with Crippen LogP contribution in [0.1, 0.15) is 5.56 Å². The van der Waals surface area contributed by atoms with Crippen molar-refractivity contribution in [3.05, 3.63) is 68.9 Å². The molecule has 0 aliphatic heterocycles. The van der Waals surface area contributed by atoms with E-state index in [2.05, 4.69) is 38.1 Å². The van der Waals surface area contributed by atoms with Crippen LogP contribution in [0.3, 0.4) is 0 Å². The minimum atomic E-state index is -0.296. The Kier molecular flexibility index (Phi) is 4.79. The molecule has 0 unspecified atom stereocenters. The first-order valence-corrected chi connectivity index (χ1v) is 8.43. The van der Waals surface area contributed by atoms with Crippen molar-refractivity contribution in [3.8, 4) is 11.3 Å². The lowest BCUT2D eigenvalue weighted by Crippen LogP contribution is -1.93. The van der Waals surface area contributed by atoms with E-state index in [0.717, 1.165) is 14.8 Å². The second-order valence-corrected chi connectivity index (χ2v) is 6.54. The SMILES string of the molecule is Fc1ccc(I)cc1C=NNc1nc(-c2ccccc2)cs1. The van der Waals surface area contributed by atoms with Crippen molar-refractivity contribution in [1.82, 2.24) is 4.98 Å². The minimum absolute atomic E-state index is 0.296. The summed E-state index contributed by atoms with van der Waals surface area (Å²) in [4.78, 5) is 4.45. The van der Waals surface area contributed by atoms with Crippen molar-refractivity contribution in [3.63, 3.8) is 0 Å². The lowest BCUT2D eigenvalue weighted by Gasteiger charge is -1.98. The fourth-order valence-corrected chi connectivity index (χ4v) is 3.02. The summed E-state index contributed by atoms with van der Waals surface area (Å²) in [6, 6.07) is 14.8. The van der Waals surface area contributed by atoms with Crippen LogP contribution in [0.4, 0.5) is 9.52 Å². The molecular formula is C16H11FIN3S. The van der Waals surface area contributed by atoms with Crippen molar-refractivity contribution in [2.75, 3.05) is 5.43 Å². The van der Waals surface area contributed by atoms with E-state index in [1.807, 2.05) is 35.7 Å². The molecule has 2 aromatic carbocycles. The standard InChI is InChI=1S/C16H11FIN3S/c17-14-7-6-13(18)8-12(14)9-19-21-16-20-15(10-22-16)11-4-2-1-3-5-11/h1-10H,(H,20,21). The third kappa shape index (κ3) is 3.69. The highest BCUT2D eigenvalue weighted by atomic mass is 127. The normalized spacial score (nSPS) is 11.0. The van der Waals surface area contributed by atoms with E-state index < -0.39 is 0 Å². The van der Waals surface area contributed by atoms with E-state index in [1.165, 1.54) is 23.6 Å². The van der Waals surface area contributed by atoms with Crippen LogP contribution in [0.2, 0.25) is 0 Å². The number of nitrogens with zero attached hydrogens (tertiary/aromatic N) is 2. The molecule has 0 fully saturated rings. The molecule has 3 aromatic rings. The maximum atomic E-state index is 13.6. The highest BCUT2D eigenvalue weighted by molar-refractivity contribution is 14.1. The molecule has 0 aliphatic rings. The number of halogens is 2. The quantitative estimate of drug-likeness (QED) is 0.364. The third-order valence-corrected chi connectivity index (χ3v) is 4.31. The summed E-state index contributed by atoms with van der Waals surface area (Å²) in [5.74, 6) is -0.296. The first-order chi connectivity index (χ1) is 10.7. The molecule has 0 atom stereocenters. The van der Waals surface area contributed by atoms with Gasteiger partial charge in [-0.05, 0) is 40.8 Å². The zero-order valence-corrected chi connectivity index (χ0v) is 14.3. The summed E-state index contributed by atoms with van der Waals surface area (Å²) in [6.07, 6.45) is 1.46. The predicted octanol–water partition coefficient (Wildman–Crippen LogP) is 5.00. The number of thiazole rings is 1. The van der Waals surface area contributed by atoms with Gasteiger partial charge in [-0.3, -0.25) is 5.43 Å². The van der Waals surface area contributed by atoms with Gasteiger partial charge in [-0.15, -0.1) is 11.3 Å². The minimum Gasteiger partial charge on any atom is -0.253 e. The van der Waals surface area contributed by atoms with Gasteiger partial charge in [0.1, 0.15) is 5.82 Å². The number of hydrazone groups is 1. The van der Waals surface area contributed by atoms with Crippen LogP contribution in [-0.2, 0) is 0 Å². The van der Waals surface area contributed by atoms with Crippen LogP contribution in [0.15, 0.2) is 59.0 Å². The molecule has 0 amide bonds. The van der Waals surface area contributed by atoms with Gasteiger partial charge in [0.25, 0.3) is 0 Å². The molecule has 1 N–H and O–H groups in total. The van der Waals surface area contributed by atoms with Gasteiger partial charge in [0.15, 0.2) is 0 Å².